The Labute approximate surface area is 146 Å². The van der Waals surface area contributed by atoms with Crippen LogP contribution in [-0.4, -0.2) is 51.0 Å². The molecule has 1 saturated heterocycles. The van der Waals surface area contributed by atoms with Crippen LogP contribution in [-0.2, 0) is 22.7 Å². The summed E-state index contributed by atoms with van der Waals surface area (Å²) in [6, 6.07) is 9.48. The monoisotopic (exact) mass is 342 g/mol. The number of carbonyl (C=O) groups excluding carboxylic acids is 2. The van der Waals surface area contributed by atoms with Crippen molar-refractivity contribution in [3.63, 3.8) is 0 Å². The van der Waals surface area contributed by atoms with Crippen molar-refractivity contribution in [3.05, 3.63) is 47.5 Å². The first-order valence-electron chi connectivity index (χ1n) is 8.32. The quantitative estimate of drug-likeness (QED) is 0.692. The molecule has 0 bridgehead atoms. The number of nitrogens with zero attached hydrogens (tertiary/aromatic N) is 3. The molecule has 8 nitrogen and oxygen atoms in total. The van der Waals surface area contributed by atoms with E-state index in [0.717, 1.165) is 12.1 Å². The fourth-order valence-electron chi connectivity index (χ4n) is 2.88. The van der Waals surface area contributed by atoms with Gasteiger partial charge >= 0.3 is 0 Å². The summed E-state index contributed by atoms with van der Waals surface area (Å²) in [7, 11) is 0. The lowest BCUT2D eigenvalue weighted by Crippen LogP contribution is -2.56. The van der Waals surface area contributed by atoms with Crippen molar-refractivity contribution in [2.24, 2.45) is 0 Å². The van der Waals surface area contributed by atoms with Crippen LogP contribution in [0.1, 0.15) is 23.6 Å². The van der Waals surface area contributed by atoms with Crippen LogP contribution in [0.3, 0.4) is 0 Å². The maximum absolute atomic E-state index is 12.3. The lowest BCUT2D eigenvalue weighted by Gasteiger charge is -2.34. The molecule has 0 unspecified atom stereocenters. The van der Waals surface area contributed by atoms with Gasteiger partial charge in [0.05, 0.1) is 19.0 Å². The van der Waals surface area contributed by atoms with Gasteiger partial charge in [-0.05, 0) is 12.5 Å². The van der Waals surface area contributed by atoms with Crippen molar-refractivity contribution in [1.29, 1.82) is 0 Å². The largest absolute Gasteiger partial charge is 0.353 e. The molecule has 2 heterocycles. The van der Waals surface area contributed by atoms with E-state index in [0.29, 0.717) is 24.7 Å². The van der Waals surface area contributed by atoms with Crippen LogP contribution in [0.2, 0.25) is 0 Å². The molecule has 2 aromatic rings. The van der Waals surface area contributed by atoms with E-state index < -0.39 is 6.04 Å². The third-order valence-electron chi connectivity index (χ3n) is 4.14. The molecule has 1 fully saturated rings. The lowest BCUT2D eigenvalue weighted by atomic mass is 10.1. The molecular formula is C17H22N6O2. The third kappa shape index (κ3) is 4.63. The van der Waals surface area contributed by atoms with Crippen molar-refractivity contribution in [3.8, 4) is 0 Å². The molecule has 3 N–H and O–H groups in total. The fraction of sp³-hybridized carbons (Fsp3) is 0.412. The summed E-state index contributed by atoms with van der Waals surface area (Å²) < 4.78 is 0. The molecule has 8 heteroatoms. The van der Waals surface area contributed by atoms with Crippen molar-refractivity contribution in [2.45, 2.75) is 32.5 Å². The Hall–Kier alpha value is -2.74. The molecule has 1 aromatic carbocycles. The van der Waals surface area contributed by atoms with Crippen LogP contribution in [0.5, 0.6) is 0 Å². The number of hydrogen-bond acceptors (Lipinski definition) is 5. The van der Waals surface area contributed by atoms with Gasteiger partial charge in [-0.2, -0.15) is 5.10 Å². The Kier molecular flexibility index (Phi) is 5.39. The van der Waals surface area contributed by atoms with Gasteiger partial charge < -0.3 is 10.6 Å². The highest BCUT2D eigenvalue weighted by atomic mass is 16.2. The number of piperazine rings is 1. The minimum atomic E-state index is -0.470. The van der Waals surface area contributed by atoms with Crippen molar-refractivity contribution < 1.29 is 9.59 Å². The third-order valence-corrected chi connectivity index (χ3v) is 4.14. The van der Waals surface area contributed by atoms with Crippen LogP contribution in [0.25, 0.3) is 0 Å². The van der Waals surface area contributed by atoms with Crippen molar-refractivity contribution in [2.75, 3.05) is 13.1 Å². The molecule has 2 amide bonds. The Morgan fingerprint density at radius 2 is 2.16 bits per heavy atom. The summed E-state index contributed by atoms with van der Waals surface area (Å²) in [5.74, 6) is 0.929. The van der Waals surface area contributed by atoms with E-state index in [2.05, 4.69) is 25.8 Å². The van der Waals surface area contributed by atoms with E-state index in [-0.39, 0.29) is 24.8 Å². The zero-order chi connectivity index (χ0) is 17.6. The minimum absolute atomic E-state index is 0.105. The number of aromatic nitrogens is 3. The predicted molar refractivity (Wildman–Crippen MR) is 91.2 cm³/mol. The highest BCUT2D eigenvalue weighted by Gasteiger charge is 2.31. The van der Waals surface area contributed by atoms with Crippen LogP contribution < -0.4 is 10.6 Å². The van der Waals surface area contributed by atoms with Gasteiger partial charge in [0, 0.05) is 19.6 Å². The first-order valence-corrected chi connectivity index (χ1v) is 8.32. The van der Waals surface area contributed by atoms with E-state index in [4.69, 9.17) is 0 Å². The number of H-pyrrole nitrogens is 1. The number of amides is 2. The second-order valence-electron chi connectivity index (χ2n) is 6.08. The zero-order valence-electron chi connectivity index (χ0n) is 14.2. The maximum Gasteiger partial charge on any atom is 0.237 e. The van der Waals surface area contributed by atoms with Crippen LogP contribution in [0, 0.1) is 6.92 Å². The Morgan fingerprint density at radius 3 is 2.88 bits per heavy atom. The van der Waals surface area contributed by atoms with Gasteiger partial charge in [0.1, 0.15) is 5.82 Å². The molecule has 25 heavy (non-hydrogen) atoms. The summed E-state index contributed by atoms with van der Waals surface area (Å²) in [4.78, 5) is 30.7. The van der Waals surface area contributed by atoms with E-state index in [9.17, 15) is 9.59 Å². The summed E-state index contributed by atoms with van der Waals surface area (Å²) in [5, 5.41) is 12.3. The molecule has 0 aliphatic carbocycles. The van der Waals surface area contributed by atoms with Crippen LogP contribution in [0.15, 0.2) is 30.3 Å². The number of hydrogen-bond donors (Lipinski definition) is 3. The molecule has 1 atom stereocenters. The second kappa shape index (κ2) is 7.89. The van der Waals surface area contributed by atoms with Crippen LogP contribution in [0.4, 0.5) is 0 Å². The Morgan fingerprint density at radius 1 is 1.36 bits per heavy atom. The summed E-state index contributed by atoms with van der Waals surface area (Å²) in [6.07, 6.45) is 0.113. The van der Waals surface area contributed by atoms with Gasteiger partial charge in [0.15, 0.2) is 5.82 Å². The highest BCUT2D eigenvalue weighted by molar-refractivity contribution is 5.88. The van der Waals surface area contributed by atoms with E-state index in [1.807, 2.05) is 35.2 Å². The molecule has 132 valence electrons. The molecule has 3 rings (SSSR count). The van der Waals surface area contributed by atoms with Gasteiger partial charge in [-0.3, -0.25) is 19.6 Å². The molecular weight excluding hydrogens is 320 g/mol. The number of nitrogens with one attached hydrogen (secondary N) is 3. The average Bonchev–Trinajstić information content (AvgIpc) is 3.02. The number of aryl methyl sites for hydroxylation is 1. The number of rotatable bonds is 6. The molecule has 1 aliphatic rings. The number of carbonyl (C=O) groups is 2. The smallest absolute Gasteiger partial charge is 0.237 e. The number of benzene rings is 1. The normalized spacial score (nSPS) is 18.0. The topological polar surface area (TPSA) is 103 Å². The average molecular weight is 342 g/mol. The fourth-order valence-corrected chi connectivity index (χ4v) is 2.88. The van der Waals surface area contributed by atoms with E-state index >= 15 is 0 Å². The molecule has 0 spiro atoms. The maximum atomic E-state index is 12.3. The SMILES string of the molecule is Cc1nc(CNC(=O)C[C@@H]2C(=O)NCCN2Cc2ccccc2)n[nH]1. The van der Waals surface area contributed by atoms with Gasteiger partial charge in [0.25, 0.3) is 0 Å². The van der Waals surface area contributed by atoms with E-state index in [1.54, 1.807) is 6.92 Å². The van der Waals surface area contributed by atoms with Gasteiger partial charge in [-0.25, -0.2) is 4.98 Å². The first-order chi connectivity index (χ1) is 12.1. The van der Waals surface area contributed by atoms with Crippen LogP contribution >= 0.6 is 0 Å². The molecule has 1 aliphatic heterocycles. The van der Waals surface area contributed by atoms with Crippen molar-refractivity contribution >= 4 is 11.8 Å². The van der Waals surface area contributed by atoms with Gasteiger partial charge in [-0.1, -0.05) is 30.3 Å². The number of aromatic amines is 1. The lowest BCUT2D eigenvalue weighted by molar-refractivity contribution is -0.134. The second-order valence-corrected chi connectivity index (χ2v) is 6.08. The predicted octanol–water partition coefficient (Wildman–Crippen LogP) is 0.120. The van der Waals surface area contributed by atoms with Gasteiger partial charge in [0.2, 0.25) is 11.8 Å². The Bertz CT molecular complexity index is 730. The zero-order valence-corrected chi connectivity index (χ0v) is 14.2. The first kappa shape index (κ1) is 17.1. The van der Waals surface area contributed by atoms with E-state index in [1.165, 1.54) is 0 Å². The molecule has 1 aromatic heterocycles. The summed E-state index contributed by atoms with van der Waals surface area (Å²) in [6.45, 7) is 4.01. The molecule has 0 radical (unpaired) electrons. The van der Waals surface area contributed by atoms with Crippen molar-refractivity contribution in [1.82, 2.24) is 30.7 Å². The Balaban J connectivity index is 1.58. The standard InChI is InChI=1S/C17H22N6O2/c1-12-20-15(22-21-12)10-19-16(24)9-14-17(25)18-7-8-23(14)11-13-5-3-2-4-6-13/h2-6,14H,7-11H2,1H3,(H,18,25)(H,19,24)(H,20,21,22)/t14-/m1/s1. The highest BCUT2D eigenvalue weighted by Crippen LogP contribution is 2.13. The summed E-state index contributed by atoms with van der Waals surface area (Å²) in [5.41, 5.74) is 1.12. The minimum Gasteiger partial charge on any atom is -0.353 e. The molecule has 0 saturated carbocycles. The summed E-state index contributed by atoms with van der Waals surface area (Å²) >= 11 is 0. The van der Waals surface area contributed by atoms with Gasteiger partial charge in [-0.15, -0.1) is 0 Å².